The second kappa shape index (κ2) is 2.15. The summed E-state index contributed by atoms with van der Waals surface area (Å²) in [4.78, 5) is 0. The SMILES string of the molecule is COCC1CC1C#N. The van der Waals surface area contributed by atoms with Gasteiger partial charge in [0.1, 0.15) is 0 Å². The Kier molecular flexibility index (Phi) is 1.50. The van der Waals surface area contributed by atoms with Crippen LogP contribution in [0.1, 0.15) is 6.42 Å². The van der Waals surface area contributed by atoms with E-state index in [-0.39, 0.29) is 0 Å². The van der Waals surface area contributed by atoms with Crippen LogP contribution < -0.4 is 0 Å². The summed E-state index contributed by atoms with van der Waals surface area (Å²) in [6.45, 7) is 0.762. The van der Waals surface area contributed by atoms with Crippen LogP contribution in [0.5, 0.6) is 0 Å². The highest BCUT2D eigenvalue weighted by Gasteiger charge is 2.36. The van der Waals surface area contributed by atoms with E-state index in [9.17, 15) is 0 Å². The van der Waals surface area contributed by atoms with E-state index < -0.39 is 0 Å². The van der Waals surface area contributed by atoms with E-state index in [2.05, 4.69) is 6.07 Å². The zero-order valence-electron chi connectivity index (χ0n) is 4.92. The van der Waals surface area contributed by atoms with Gasteiger partial charge in [0.05, 0.1) is 18.6 Å². The Labute approximate surface area is 49.1 Å². The Balaban J connectivity index is 2.10. The maximum absolute atomic E-state index is 8.30. The van der Waals surface area contributed by atoms with Gasteiger partial charge in [-0.2, -0.15) is 5.26 Å². The molecular weight excluding hydrogens is 102 g/mol. The molecule has 2 nitrogen and oxygen atoms in total. The number of ether oxygens (including phenoxy) is 1. The Bertz CT molecular complexity index is 116. The average Bonchev–Trinajstić information content (AvgIpc) is 2.48. The highest BCUT2D eigenvalue weighted by molar-refractivity contribution is 5.00. The van der Waals surface area contributed by atoms with Crippen molar-refractivity contribution in [1.29, 1.82) is 5.26 Å². The Hall–Kier alpha value is -0.550. The lowest BCUT2D eigenvalue weighted by atomic mass is 10.4. The molecule has 0 bridgehead atoms. The third-order valence-electron chi connectivity index (χ3n) is 1.47. The fourth-order valence-corrected chi connectivity index (χ4v) is 0.804. The predicted octanol–water partition coefficient (Wildman–Crippen LogP) is 0.792. The number of hydrogen-bond acceptors (Lipinski definition) is 2. The van der Waals surface area contributed by atoms with Crippen LogP contribution in [0.2, 0.25) is 0 Å². The van der Waals surface area contributed by atoms with Gasteiger partial charge in [0, 0.05) is 7.11 Å². The number of hydrogen-bond donors (Lipinski definition) is 0. The molecule has 0 aromatic carbocycles. The normalized spacial score (nSPS) is 34.0. The van der Waals surface area contributed by atoms with Crippen molar-refractivity contribution in [3.63, 3.8) is 0 Å². The summed E-state index contributed by atoms with van der Waals surface area (Å²) >= 11 is 0. The van der Waals surface area contributed by atoms with Gasteiger partial charge in [0.15, 0.2) is 0 Å². The first kappa shape index (κ1) is 5.58. The van der Waals surface area contributed by atoms with E-state index in [0.29, 0.717) is 11.8 Å². The van der Waals surface area contributed by atoms with Gasteiger partial charge in [0.25, 0.3) is 0 Å². The highest BCUT2D eigenvalue weighted by Crippen LogP contribution is 2.37. The van der Waals surface area contributed by atoms with Crippen molar-refractivity contribution in [3.8, 4) is 6.07 Å². The lowest BCUT2D eigenvalue weighted by Crippen LogP contribution is -1.91. The lowest BCUT2D eigenvalue weighted by Gasteiger charge is -1.89. The predicted molar refractivity (Wildman–Crippen MR) is 29.1 cm³/mol. The Morgan fingerprint density at radius 3 is 3.00 bits per heavy atom. The van der Waals surface area contributed by atoms with E-state index in [1.54, 1.807) is 7.11 Å². The summed E-state index contributed by atoms with van der Waals surface area (Å²) in [5.74, 6) is 0.847. The van der Waals surface area contributed by atoms with Crippen LogP contribution in [0.4, 0.5) is 0 Å². The zero-order valence-corrected chi connectivity index (χ0v) is 4.92. The first-order valence-electron chi connectivity index (χ1n) is 2.77. The minimum atomic E-state index is 0.301. The summed E-state index contributed by atoms with van der Waals surface area (Å²) in [6, 6.07) is 2.19. The first-order chi connectivity index (χ1) is 3.88. The van der Waals surface area contributed by atoms with Gasteiger partial charge in [-0.25, -0.2) is 0 Å². The molecule has 0 aliphatic heterocycles. The number of nitrogens with zero attached hydrogens (tertiary/aromatic N) is 1. The molecule has 0 N–H and O–H groups in total. The van der Waals surface area contributed by atoms with E-state index in [1.165, 1.54) is 0 Å². The molecule has 0 spiro atoms. The molecule has 0 radical (unpaired) electrons. The summed E-state index contributed by atoms with van der Waals surface area (Å²) < 4.78 is 4.85. The molecule has 1 fully saturated rings. The molecule has 0 amide bonds. The molecule has 0 saturated heterocycles. The smallest absolute Gasteiger partial charge is 0.0659 e. The van der Waals surface area contributed by atoms with Crippen LogP contribution in [0.3, 0.4) is 0 Å². The molecular formula is C6H9NO. The van der Waals surface area contributed by atoms with Crippen LogP contribution in [-0.4, -0.2) is 13.7 Å². The lowest BCUT2D eigenvalue weighted by molar-refractivity contribution is 0.183. The van der Waals surface area contributed by atoms with Crippen molar-refractivity contribution >= 4 is 0 Å². The fourth-order valence-electron chi connectivity index (χ4n) is 0.804. The van der Waals surface area contributed by atoms with E-state index in [4.69, 9.17) is 10.00 Å². The largest absolute Gasteiger partial charge is 0.384 e. The third-order valence-corrected chi connectivity index (χ3v) is 1.47. The Morgan fingerprint density at radius 2 is 2.62 bits per heavy atom. The molecule has 1 aliphatic rings. The summed E-state index contributed by atoms with van der Waals surface area (Å²) in [6.07, 6.45) is 1.05. The molecule has 2 unspecified atom stereocenters. The third kappa shape index (κ3) is 0.988. The van der Waals surface area contributed by atoms with Crippen molar-refractivity contribution < 1.29 is 4.74 Å². The maximum Gasteiger partial charge on any atom is 0.0659 e. The molecule has 2 heteroatoms. The number of methoxy groups -OCH3 is 1. The molecule has 8 heavy (non-hydrogen) atoms. The molecule has 0 aromatic heterocycles. The van der Waals surface area contributed by atoms with Crippen molar-refractivity contribution in [1.82, 2.24) is 0 Å². The standard InChI is InChI=1S/C6H9NO/c1-8-4-6-2-5(6)3-7/h5-6H,2,4H2,1H3. The Morgan fingerprint density at radius 1 is 1.88 bits per heavy atom. The zero-order chi connectivity index (χ0) is 5.98. The molecule has 1 aliphatic carbocycles. The van der Waals surface area contributed by atoms with Crippen LogP contribution in [0.15, 0.2) is 0 Å². The molecule has 0 heterocycles. The van der Waals surface area contributed by atoms with Gasteiger partial charge in [-0.05, 0) is 12.3 Å². The first-order valence-corrected chi connectivity index (χ1v) is 2.77. The molecule has 1 rings (SSSR count). The maximum atomic E-state index is 8.30. The minimum Gasteiger partial charge on any atom is -0.384 e. The summed E-state index contributed by atoms with van der Waals surface area (Å²) in [5, 5.41) is 8.30. The van der Waals surface area contributed by atoms with Gasteiger partial charge < -0.3 is 4.74 Å². The van der Waals surface area contributed by atoms with Gasteiger partial charge in [0.2, 0.25) is 0 Å². The second-order valence-electron chi connectivity index (χ2n) is 2.19. The van der Waals surface area contributed by atoms with Crippen LogP contribution in [0.25, 0.3) is 0 Å². The number of rotatable bonds is 2. The molecule has 2 atom stereocenters. The van der Waals surface area contributed by atoms with E-state index in [1.807, 2.05) is 0 Å². The van der Waals surface area contributed by atoms with E-state index >= 15 is 0 Å². The second-order valence-corrected chi connectivity index (χ2v) is 2.19. The quantitative estimate of drug-likeness (QED) is 0.527. The molecule has 44 valence electrons. The summed E-state index contributed by atoms with van der Waals surface area (Å²) in [5.41, 5.74) is 0. The van der Waals surface area contributed by atoms with Crippen molar-refractivity contribution in [2.24, 2.45) is 11.8 Å². The topological polar surface area (TPSA) is 33.0 Å². The molecule has 1 saturated carbocycles. The molecule has 0 aromatic rings. The monoisotopic (exact) mass is 111 g/mol. The van der Waals surface area contributed by atoms with Gasteiger partial charge in [-0.1, -0.05) is 0 Å². The van der Waals surface area contributed by atoms with Crippen LogP contribution >= 0.6 is 0 Å². The highest BCUT2D eigenvalue weighted by atomic mass is 16.5. The van der Waals surface area contributed by atoms with Gasteiger partial charge in [-0.15, -0.1) is 0 Å². The van der Waals surface area contributed by atoms with Crippen molar-refractivity contribution in [2.75, 3.05) is 13.7 Å². The fraction of sp³-hybridized carbons (Fsp3) is 0.833. The van der Waals surface area contributed by atoms with Crippen molar-refractivity contribution in [3.05, 3.63) is 0 Å². The van der Waals surface area contributed by atoms with Crippen LogP contribution in [-0.2, 0) is 4.74 Å². The minimum absolute atomic E-state index is 0.301. The van der Waals surface area contributed by atoms with Gasteiger partial charge in [-0.3, -0.25) is 0 Å². The van der Waals surface area contributed by atoms with Crippen molar-refractivity contribution in [2.45, 2.75) is 6.42 Å². The number of nitriles is 1. The summed E-state index contributed by atoms with van der Waals surface area (Å²) in [7, 11) is 1.67. The average molecular weight is 111 g/mol. The van der Waals surface area contributed by atoms with E-state index in [0.717, 1.165) is 13.0 Å². The van der Waals surface area contributed by atoms with Gasteiger partial charge >= 0.3 is 0 Å². The van der Waals surface area contributed by atoms with Crippen LogP contribution in [0, 0.1) is 23.2 Å².